The fourth-order valence-corrected chi connectivity index (χ4v) is 4.01. The first-order chi connectivity index (χ1) is 15.9. The van der Waals surface area contributed by atoms with Crippen molar-refractivity contribution in [1.82, 2.24) is 24.9 Å². The molecule has 0 fully saturated rings. The van der Waals surface area contributed by atoms with Crippen LogP contribution in [0.15, 0.2) is 66.7 Å². The Balaban J connectivity index is 1.43. The lowest BCUT2D eigenvalue weighted by Crippen LogP contribution is -2.21. The molecule has 0 spiro atoms. The third kappa shape index (κ3) is 4.95. The Hall–Kier alpha value is -3.93. The number of aryl methyl sites for hydroxylation is 2. The molecule has 168 valence electrons. The number of hydrogen-bond donors (Lipinski definition) is 1. The molecular weight excluding hydrogens is 410 g/mol. The maximum Gasteiger partial charge on any atom is 0.244 e. The van der Waals surface area contributed by atoms with Crippen molar-refractivity contribution in [2.75, 3.05) is 0 Å². The number of nitrogens with zero attached hydrogens (tertiary/aromatic N) is 4. The predicted octanol–water partition coefficient (Wildman–Crippen LogP) is 4.68. The lowest BCUT2D eigenvalue weighted by Gasteiger charge is -2.06. The van der Waals surface area contributed by atoms with Crippen molar-refractivity contribution >= 4 is 12.0 Å². The van der Waals surface area contributed by atoms with Crippen molar-refractivity contribution in [3.8, 4) is 5.69 Å². The van der Waals surface area contributed by atoms with Gasteiger partial charge in [-0.3, -0.25) is 9.48 Å². The molecule has 2 heterocycles. The van der Waals surface area contributed by atoms with E-state index in [1.54, 1.807) is 6.08 Å². The Bertz CT molecular complexity index is 1280. The van der Waals surface area contributed by atoms with Crippen molar-refractivity contribution in [2.24, 2.45) is 0 Å². The van der Waals surface area contributed by atoms with Crippen LogP contribution < -0.4 is 5.32 Å². The molecule has 6 heteroatoms. The molecule has 0 aliphatic heterocycles. The van der Waals surface area contributed by atoms with Gasteiger partial charge in [-0.15, -0.1) is 0 Å². The van der Waals surface area contributed by atoms with Crippen LogP contribution in [0, 0.1) is 27.7 Å². The number of hydrogen-bond acceptors (Lipinski definition) is 3. The van der Waals surface area contributed by atoms with Crippen LogP contribution in [-0.4, -0.2) is 25.5 Å². The zero-order valence-corrected chi connectivity index (χ0v) is 19.5. The molecule has 33 heavy (non-hydrogen) atoms. The third-order valence-electron chi connectivity index (χ3n) is 5.90. The number of nitrogens with one attached hydrogen (secondary N) is 1. The SMILES string of the molecule is Cc1nn(-c2ccccc2)c(C)c1/C=C/C(=O)NCc1c(C)nn(Cc2ccccc2)c1C. The summed E-state index contributed by atoms with van der Waals surface area (Å²) in [5.41, 5.74) is 8.09. The molecule has 0 bridgehead atoms. The normalized spacial score (nSPS) is 11.3. The van der Waals surface area contributed by atoms with Crippen LogP contribution in [-0.2, 0) is 17.9 Å². The Labute approximate surface area is 194 Å². The van der Waals surface area contributed by atoms with Crippen molar-refractivity contribution in [2.45, 2.75) is 40.8 Å². The molecule has 1 N–H and O–H groups in total. The summed E-state index contributed by atoms with van der Waals surface area (Å²) in [5, 5.41) is 12.3. The van der Waals surface area contributed by atoms with Gasteiger partial charge in [-0.25, -0.2) is 4.68 Å². The molecule has 0 aliphatic carbocycles. The average molecular weight is 440 g/mol. The van der Waals surface area contributed by atoms with Gasteiger partial charge in [-0.2, -0.15) is 10.2 Å². The fraction of sp³-hybridized carbons (Fsp3) is 0.222. The van der Waals surface area contributed by atoms with Gasteiger partial charge in [0.15, 0.2) is 0 Å². The van der Waals surface area contributed by atoms with Gasteiger partial charge in [0, 0.05) is 35.1 Å². The molecule has 4 aromatic rings. The second-order valence-corrected chi connectivity index (χ2v) is 8.18. The number of carbonyl (C=O) groups is 1. The monoisotopic (exact) mass is 439 g/mol. The van der Waals surface area contributed by atoms with E-state index >= 15 is 0 Å². The van der Waals surface area contributed by atoms with E-state index in [4.69, 9.17) is 0 Å². The van der Waals surface area contributed by atoms with Crippen molar-refractivity contribution in [3.63, 3.8) is 0 Å². The smallest absolute Gasteiger partial charge is 0.244 e. The number of amides is 1. The Kier molecular flexibility index (Phi) is 6.54. The number of benzene rings is 2. The van der Waals surface area contributed by atoms with Crippen LogP contribution >= 0.6 is 0 Å². The van der Waals surface area contributed by atoms with Crippen molar-refractivity contribution in [1.29, 1.82) is 0 Å². The quantitative estimate of drug-likeness (QED) is 0.425. The summed E-state index contributed by atoms with van der Waals surface area (Å²) in [6, 6.07) is 20.2. The van der Waals surface area contributed by atoms with Crippen LogP contribution in [0.4, 0.5) is 0 Å². The van der Waals surface area contributed by atoms with E-state index in [0.717, 1.165) is 39.6 Å². The summed E-state index contributed by atoms with van der Waals surface area (Å²) in [6.07, 6.45) is 3.41. The molecule has 0 saturated heterocycles. The van der Waals surface area contributed by atoms with Gasteiger partial charge in [-0.05, 0) is 51.5 Å². The Morgan fingerprint density at radius 3 is 2.24 bits per heavy atom. The van der Waals surface area contributed by atoms with Crippen LogP contribution in [0.2, 0.25) is 0 Å². The standard InChI is InChI=1S/C27H29N5O/c1-19-25(22(4)32(30-19)24-13-9-6-10-14-24)15-16-27(33)28-17-26-20(2)29-31(21(26)3)18-23-11-7-5-8-12-23/h5-16H,17-18H2,1-4H3,(H,28,33)/b16-15+. The Morgan fingerprint density at radius 2 is 1.55 bits per heavy atom. The number of para-hydroxylation sites is 1. The zero-order chi connectivity index (χ0) is 23.4. The zero-order valence-electron chi connectivity index (χ0n) is 19.5. The van der Waals surface area contributed by atoms with Crippen LogP contribution in [0.3, 0.4) is 0 Å². The molecule has 1 amide bonds. The van der Waals surface area contributed by atoms with Gasteiger partial charge >= 0.3 is 0 Å². The van der Waals surface area contributed by atoms with E-state index < -0.39 is 0 Å². The summed E-state index contributed by atoms with van der Waals surface area (Å²) in [6.45, 7) is 9.15. The van der Waals surface area contributed by atoms with Gasteiger partial charge in [0.25, 0.3) is 0 Å². The highest BCUT2D eigenvalue weighted by Gasteiger charge is 2.13. The maximum absolute atomic E-state index is 12.6. The van der Waals surface area contributed by atoms with E-state index in [1.165, 1.54) is 5.56 Å². The highest BCUT2D eigenvalue weighted by atomic mass is 16.1. The highest BCUT2D eigenvalue weighted by molar-refractivity contribution is 5.92. The van der Waals surface area contributed by atoms with Gasteiger partial charge in [0.2, 0.25) is 5.91 Å². The molecule has 6 nitrogen and oxygen atoms in total. The number of rotatable bonds is 7. The molecule has 0 atom stereocenters. The summed E-state index contributed by atoms with van der Waals surface area (Å²) in [4.78, 5) is 12.6. The molecular formula is C27H29N5O. The first-order valence-corrected chi connectivity index (χ1v) is 11.1. The predicted molar refractivity (Wildman–Crippen MR) is 131 cm³/mol. The molecule has 0 aliphatic rings. The largest absolute Gasteiger partial charge is 0.348 e. The third-order valence-corrected chi connectivity index (χ3v) is 5.90. The van der Waals surface area contributed by atoms with Crippen LogP contribution in [0.1, 0.15) is 39.5 Å². The molecule has 4 rings (SSSR count). The molecule has 2 aromatic carbocycles. The molecule has 0 radical (unpaired) electrons. The van der Waals surface area contributed by atoms with Crippen molar-refractivity contribution in [3.05, 3.63) is 106 Å². The number of aromatic nitrogens is 4. The van der Waals surface area contributed by atoms with E-state index in [0.29, 0.717) is 13.1 Å². The lowest BCUT2D eigenvalue weighted by atomic mass is 10.1. The van der Waals surface area contributed by atoms with Crippen LogP contribution in [0.25, 0.3) is 11.8 Å². The molecule has 0 unspecified atom stereocenters. The van der Waals surface area contributed by atoms with E-state index in [1.807, 2.05) is 91.7 Å². The second-order valence-electron chi connectivity index (χ2n) is 8.18. The van der Waals surface area contributed by atoms with Gasteiger partial charge in [-0.1, -0.05) is 48.5 Å². The summed E-state index contributed by atoms with van der Waals surface area (Å²) in [5.74, 6) is -0.143. The van der Waals surface area contributed by atoms with Crippen molar-refractivity contribution < 1.29 is 4.79 Å². The first-order valence-electron chi connectivity index (χ1n) is 11.1. The Morgan fingerprint density at radius 1 is 0.879 bits per heavy atom. The second kappa shape index (κ2) is 9.69. The van der Waals surface area contributed by atoms with Gasteiger partial charge < -0.3 is 5.32 Å². The topological polar surface area (TPSA) is 64.7 Å². The first kappa shape index (κ1) is 22.3. The van der Waals surface area contributed by atoms with E-state index in [2.05, 4.69) is 27.6 Å². The van der Waals surface area contributed by atoms with Gasteiger partial charge in [0.05, 0.1) is 23.6 Å². The summed E-state index contributed by atoms with van der Waals surface area (Å²) >= 11 is 0. The lowest BCUT2D eigenvalue weighted by molar-refractivity contribution is -0.116. The maximum atomic E-state index is 12.6. The molecule has 2 aromatic heterocycles. The van der Waals surface area contributed by atoms with E-state index in [9.17, 15) is 4.79 Å². The number of carbonyl (C=O) groups excluding carboxylic acids is 1. The average Bonchev–Trinajstić information content (AvgIpc) is 3.26. The van der Waals surface area contributed by atoms with Gasteiger partial charge in [0.1, 0.15) is 0 Å². The van der Waals surface area contributed by atoms with Crippen LogP contribution in [0.5, 0.6) is 0 Å². The van der Waals surface area contributed by atoms with E-state index in [-0.39, 0.29) is 5.91 Å². The highest BCUT2D eigenvalue weighted by Crippen LogP contribution is 2.19. The fourth-order valence-electron chi connectivity index (χ4n) is 4.01. The summed E-state index contributed by atoms with van der Waals surface area (Å²) < 4.78 is 3.90. The summed E-state index contributed by atoms with van der Waals surface area (Å²) in [7, 11) is 0. The molecule has 0 saturated carbocycles. The minimum Gasteiger partial charge on any atom is -0.348 e. The minimum absolute atomic E-state index is 0.143. The minimum atomic E-state index is -0.143.